The highest BCUT2D eigenvalue weighted by Gasteiger charge is 2.34. The van der Waals surface area contributed by atoms with Crippen molar-refractivity contribution in [3.05, 3.63) is 81.9 Å². The molecule has 128 valence electrons. The number of carbonyl (C=O) groups is 2. The molecule has 0 saturated heterocycles. The van der Waals surface area contributed by atoms with Crippen molar-refractivity contribution in [1.82, 2.24) is 0 Å². The van der Waals surface area contributed by atoms with Gasteiger partial charge in [0.2, 0.25) is 0 Å². The fraction of sp³-hybridized carbons (Fsp3) is 0. The molecule has 4 N–H and O–H groups in total. The summed E-state index contributed by atoms with van der Waals surface area (Å²) in [6.07, 6.45) is 0. The van der Waals surface area contributed by atoms with E-state index < -0.39 is 0 Å². The molecule has 0 saturated carbocycles. The predicted octanol–water partition coefficient (Wildman–Crippen LogP) is 4.07. The van der Waals surface area contributed by atoms with Crippen molar-refractivity contribution in [1.29, 1.82) is 0 Å². The zero-order valence-corrected chi connectivity index (χ0v) is 14.2. The van der Waals surface area contributed by atoms with Crippen LogP contribution >= 0.6 is 11.6 Å². The minimum Gasteiger partial charge on any atom is -0.455 e. The highest BCUT2D eigenvalue weighted by molar-refractivity contribution is 6.32. The zero-order chi connectivity index (χ0) is 18.4. The van der Waals surface area contributed by atoms with Gasteiger partial charge in [-0.2, -0.15) is 0 Å². The molecule has 0 spiro atoms. The fourth-order valence-electron chi connectivity index (χ4n) is 3.06. The van der Waals surface area contributed by atoms with Gasteiger partial charge in [-0.15, -0.1) is 0 Å². The molecule has 0 fully saturated rings. The third-order valence-corrected chi connectivity index (χ3v) is 4.49. The first-order chi connectivity index (χ1) is 12.5. The van der Waals surface area contributed by atoms with Crippen molar-refractivity contribution < 1.29 is 14.3 Å². The molecule has 6 heteroatoms. The van der Waals surface area contributed by atoms with Crippen LogP contribution in [0.1, 0.15) is 31.8 Å². The second-order valence-electron chi connectivity index (χ2n) is 5.89. The van der Waals surface area contributed by atoms with Gasteiger partial charge in [0.1, 0.15) is 5.75 Å². The van der Waals surface area contributed by atoms with E-state index in [0.717, 1.165) is 0 Å². The molecule has 0 aromatic heterocycles. The van der Waals surface area contributed by atoms with Crippen LogP contribution in [0.4, 0.5) is 11.4 Å². The van der Waals surface area contributed by atoms with Crippen LogP contribution in [0.25, 0.3) is 0 Å². The fourth-order valence-corrected chi connectivity index (χ4v) is 3.24. The van der Waals surface area contributed by atoms with Gasteiger partial charge in [-0.25, -0.2) is 0 Å². The van der Waals surface area contributed by atoms with Crippen LogP contribution < -0.4 is 16.2 Å². The minimum absolute atomic E-state index is 0.0713. The number of nitrogens with two attached hydrogens (primary N) is 2. The van der Waals surface area contributed by atoms with Gasteiger partial charge in [0, 0.05) is 27.9 Å². The molecule has 0 heterocycles. The Hall–Kier alpha value is -3.31. The van der Waals surface area contributed by atoms with E-state index in [-0.39, 0.29) is 39.8 Å². The van der Waals surface area contributed by atoms with Crippen LogP contribution in [0.2, 0.25) is 5.02 Å². The molecular weight excluding hydrogens is 352 g/mol. The molecule has 1 aliphatic carbocycles. The van der Waals surface area contributed by atoms with E-state index in [1.807, 2.05) is 0 Å². The van der Waals surface area contributed by atoms with Crippen molar-refractivity contribution in [3.8, 4) is 11.5 Å². The minimum atomic E-state index is -0.351. The largest absolute Gasteiger partial charge is 0.455 e. The number of benzene rings is 3. The molecule has 5 nitrogen and oxygen atoms in total. The van der Waals surface area contributed by atoms with Gasteiger partial charge in [-0.05, 0) is 18.2 Å². The highest BCUT2D eigenvalue weighted by atomic mass is 35.5. The number of fused-ring (bicyclic) bond motifs is 2. The van der Waals surface area contributed by atoms with Crippen LogP contribution in [0.15, 0.2) is 54.6 Å². The van der Waals surface area contributed by atoms with Crippen molar-refractivity contribution in [3.63, 3.8) is 0 Å². The lowest BCUT2D eigenvalue weighted by Gasteiger charge is -2.22. The number of anilines is 2. The third kappa shape index (κ3) is 2.41. The number of hydrogen-bond acceptors (Lipinski definition) is 5. The van der Waals surface area contributed by atoms with Gasteiger partial charge >= 0.3 is 0 Å². The van der Waals surface area contributed by atoms with Gasteiger partial charge in [0.05, 0.1) is 16.8 Å². The number of ether oxygens (including phenoxy) is 1. The van der Waals surface area contributed by atoms with E-state index in [1.54, 1.807) is 48.5 Å². The van der Waals surface area contributed by atoms with E-state index in [2.05, 4.69) is 0 Å². The summed E-state index contributed by atoms with van der Waals surface area (Å²) < 4.78 is 5.76. The van der Waals surface area contributed by atoms with Crippen LogP contribution in [0, 0.1) is 0 Å². The van der Waals surface area contributed by atoms with E-state index in [4.69, 9.17) is 27.8 Å². The lowest BCUT2D eigenvalue weighted by atomic mass is 9.82. The maximum absolute atomic E-state index is 12.9. The summed E-state index contributed by atoms with van der Waals surface area (Å²) in [6.45, 7) is 0. The number of rotatable bonds is 2. The maximum atomic E-state index is 12.9. The predicted molar refractivity (Wildman–Crippen MR) is 100 cm³/mol. The van der Waals surface area contributed by atoms with E-state index in [1.165, 1.54) is 6.07 Å². The van der Waals surface area contributed by atoms with Crippen molar-refractivity contribution >= 4 is 34.5 Å². The number of carbonyl (C=O) groups excluding carboxylic acids is 2. The van der Waals surface area contributed by atoms with Crippen LogP contribution in [0.5, 0.6) is 11.5 Å². The Bertz CT molecular complexity index is 1090. The Balaban J connectivity index is 1.88. The Morgan fingerprint density at radius 1 is 0.808 bits per heavy atom. The molecule has 0 aliphatic heterocycles. The van der Waals surface area contributed by atoms with Crippen molar-refractivity contribution in [2.45, 2.75) is 0 Å². The summed E-state index contributed by atoms with van der Waals surface area (Å²) >= 11 is 5.96. The number of nitrogen functional groups attached to an aromatic ring is 2. The molecule has 3 aromatic rings. The molecule has 0 bridgehead atoms. The summed E-state index contributed by atoms with van der Waals surface area (Å²) in [7, 11) is 0. The van der Waals surface area contributed by atoms with E-state index in [9.17, 15) is 9.59 Å². The topological polar surface area (TPSA) is 95.4 Å². The monoisotopic (exact) mass is 364 g/mol. The molecule has 26 heavy (non-hydrogen) atoms. The molecule has 0 amide bonds. The Kier molecular flexibility index (Phi) is 3.67. The Morgan fingerprint density at radius 3 is 2.12 bits per heavy atom. The SMILES string of the molecule is Nc1cc(Oc2cccc(Cl)c2)c(N)c2c1C(=O)c1ccccc1C2=O. The maximum Gasteiger partial charge on any atom is 0.196 e. The molecule has 0 radical (unpaired) electrons. The van der Waals surface area contributed by atoms with Crippen LogP contribution in [0.3, 0.4) is 0 Å². The van der Waals surface area contributed by atoms with Crippen molar-refractivity contribution in [2.24, 2.45) is 0 Å². The summed E-state index contributed by atoms with van der Waals surface area (Å²) in [4.78, 5) is 25.7. The first kappa shape index (κ1) is 16.2. The first-order valence-electron chi connectivity index (χ1n) is 7.81. The quantitative estimate of drug-likeness (QED) is 0.523. The lowest BCUT2D eigenvalue weighted by Crippen LogP contribution is -2.24. The van der Waals surface area contributed by atoms with Gasteiger partial charge in [-0.1, -0.05) is 41.9 Å². The molecule has 3 aromatic carbocycles. The third-order valence-electron chi connectivity index (χ3n) is 4.25. The van der Waals surface area contributed by atoms with E-state index >= 15 is 0 Å². The normalized spacial score (nSPS) is 12.5. The molecule has 1 aliphatic rings. The average molecular weight is 365 g/mol. The zero-order valence-electron chi connectivity index (χ0n) is 13.5. The van der Waals surface area contributed by atoms with Crippen LogP contribution in [-0.4, -0.2) is 11.6 Å². The number of halogens is 1. The smallest absolute Gasteiger partial charge is 0.196 e. The lowest BCUT2D eigenvalue weighted by molar-refractivity contribution is 0.0980. The standard InChI is InChI=1S/C20H13ClN2O3/c21-10-4-3-5-11(8-10)26-15-9-14(22)16-17(18(15)23)20(25)13-7-2-1-6-12(13)19(16)24/h1-9H,22-23H2. The second-order valence-corrected chi connectivity index (χ2v) is 6.33. The van der Waals surface area contributed by atoms with Crippen molar-refractivity contribution in [2.75, 3.05) is 11.5 Å². The summed E-state index contributed by atoms with van der Waals surface area (Å²) in [6, 6.07) is 14.8. The van der Waals surface area contributed by atoms with Crippen LogP contribution in [-0.2, 0) is 0 Å². The van der Waals surface area contributed by atoms with Gasteiger partial charge in [-0.3, -0.25) is 9.59 Å². The van der Waals surface area contributed by atoms with Gasteiger partial charge in [0.15, 0.2) is 17.3 Å². The molecule has 0 unspecified atom stereocenters. The first-order valence-corrected chi connectivity index (χ1v) is 8.19. The Morgan fingerprint density at radius 2 is 1.46 bits per heavy atom. The molecule has 4 rings (SSSR count). The summed E-state index contributed by atoms with van der Waals surface area (Å²) in [5.41, 5.74) is 13.3. The Labute approximate surface area is 154 Å². The van der Waals surface area contributed by atoms with Gasteiger partial charge < -0.3 is 16.2 Å². The average Bonchev–Trinajstić information content (AvgIpc) is 2.62. The summed E-state index contributed by atoms with van der Waals surface area (Å²) in [5.74, 6) is -0.0350. The van der Waals surface area contributed by atoms with Gasteiger partial charge in [0.25, 0.3) is 0 Å². The number of ketones is 2. The summed E-state index contributed by atoms with van der Waals surface area (Å²) in [5, 5.41) is 0.493. The molecular formula is C20H13ClN2O3. The highest BCUT2D eigenvalue weighted by Crippen LogP contribution is 2.41. The second kappa shape index (κ2) is 5.89. The van der Waals surface area contributed by atoms with E-state index in [0.29, 0.717) is 21.9 Å². The number of hydrogen-bond donors (Lipinski definition) is 2. The molecule has 0 atom stereocenters.